The molecule has 0 aromatic carbocycles. The first-order valence-corrected chi connectivity index (χ1v) is 7.61. The smallest absolute Gasteiger partial charge is 0.240 e. The zero-order valence-corrected chi connectivity index (χ0v) is 12.6. The monoisotopic (exact) mass is 298 g/mol. The van der Waals surface area contributed by atoms with E-state index in [1.54, 1.807) is 4.57 Å². The number of H-pyrrole nitrogens is 1. The highest BCUT2D eigenvalue weighted by Crippen LogP contribution is 2.24. The van der Waals surface area contributed by atoms with Crippen molar-refractivity contribution in [1.29, 1.82) is 0 Å². The van der Waals surface area contributed by atoms with Gasteiger partial charge in [-0.25, -0.2) is 0 Å². The maximum atomic E-state index is 12.0. The van der Waals surface area contributed by atoms with Gasteiger partial charge in [-0.05, 0) is 31.5 Å². The summed E-state index contributed by atoms with van der Waals surface area (Å²) in [6.07, 6.45) is 4.33. The van der Waals surface area contributed by atoms with Crippen molar-refractivity contribution in [1.82, 2.24) is 20.1 Å². The number of aliphatic hydroxyl groups is 1. The number of aliphatic hydroxyl groups excluding tert-OH is 1. The minimum atomic E-state index is -0.276. The van der Waals surface area contributed by atoms with Gasteiger partial charge in [0.05, 0.1) is 6.10 Å². The highest BCUT2D eigenvalue weighted by atomic mass is 32.1. The van der Waals surface area contributed by atoms with E-state index in [4.69, 9.17) is 12.2 Å². The molecule has 0 saturated heterocycles. The molecule has 112 valence electrons. The van der Waals surface area contributed by atoms with Crippen LogP contribution in [0.5, 0.6) is 0 Å². The Morgan fingerprint density at radius 3 is 3.05 bits per heavy atom. The van der Waals surface area contributed by atoms with E-state index in [-0.39, 0.29) is 24.5 Å². The second-order valence-electron chi connectivity index (χ2n) is 5.34. The molecule has 2 rings (SSSR count). The molecule has 1 heterocycles. The van der Waals surface area contributed by atoms with Crippen LogP contribution >= 0.6 is 12.2 Å². The molecule has 0 spiro atoms. The summed E-state index contributed by atoms with van der Waals surface area (Å²) in [5, 5.41) is 19.5. The van der Waals surface area contributed by atoms with Crippen LogP contribution in [0.3, 0.4) is 0 Å². The zero-order valence-electron chi connectivity index (χ0n) is 11.8. The molecule has 1 aliphatic carbocycles. The summed E-state index contributed by atoms with van der Waals surface area (Å²) in [6, 6.07) is 0. The van der Waals surface area contributed by atoms with Gasteiger partial charge in [0.1, 0.15) is 12.4 Å². The predicted molar refractivity (Wildman–Crippen MR) is 77.8 cm³/mol. The molecule has 2 atom stereocenters. The number of aromatic amines is 1. The number of carbonyl (C=O) groups is 1. The van der Waals surface area contributed by atoms with Gasteiger partial charge in [0.25, 0.3) is 0 Å². The molecule has 0 radical (unpaired) electrons. The van der Waals surface area contributed by atoms with E-state index in [1.165, 1.54) is 0 Å². The lowest BCUT2D eigenvalue weighted by atomic mass is 10.1. The molecule has 1 aromatic rings. The van der Waals surface area contributed by atoms with E-state index in [2.05, 4.69) is 22.4 Å². The molecule has 1 saturated carbocycles. The molecule has 7 heteroatoms. The van der Waals surface area contributed by atoms with Crippen molar-refractivity contribution in [2.24, 2.45) is 5.92 Å². The average Bonchev–Trinajstić information content (AvgIpc) is 2.97. The van der Waals surface area contributed by atoms with Crippen molar-refractivity contribution in [3.63, 3.8) is 0 Å². The van der Waals surface area contributed by atoms with Crippen molar-refractivity contribution in [2.45, 2.75) is 51.7 Å². The Morgan fingerprint density at radius 2 is 2.40 bits per heavy atom. The lowest BCUT2D eigenvalue weighted by Gasteiger charge is -2.15. The minimum Gasteiger partial charge on any atom is -0.393 e. The van der Waals surface area contributed by atoms with Crippen molar-refractivity contribution >= 4 is 18.1 Å². The SMILES string of the molecule is CCCc1n[nH]c(=S)n1CC(=O)NCC1CCCC1O. The Labute approximate surface area is 123 Å². The Balaban J connectivity index is 1.88. The van der Waals surface area contributed by atoms with Crippen molar-refractivity contribution in [3.05, 3.63) is 10.6 Å². The number of nitrogens with one attached hydrogen (secondary N) is 2. The van der Waals surface area contributed by atoms with Crippen LogP contribution in [0.15, 0.2) is 0 Å². The van der Waals surface area contributed by atoms with Gasteiger partial charge in [0.2, 0.25) is 5.91 Å². The quantitative estimate of drug-likeness (QED) is 0.689. The molecule has 1 aliphatic rings. The zero-order chi connectivity index (χ0) is 14.5. The standard InChI is InChI=1S/C13H22N4O2S/c1-2-4-11-15-16-13(20)17(11)8-12(19)14-7-9-5-3-6-10(9)18/h9-10,18H,2-8H2,1H3,(H,14,19)(H,16,20). The fourth-order valence-corrected chi connectivity index (χ4v) is 2.84. The number of aromatic nitrogens is 3. The van der Waals surface area contributed by atoms with Gasteiger partial charge in [-0.1, -0.05) is 13.3 Å². The number of nitrogens with zero attached hydrogens (tertiary/aromatic N) is 2. The van der Waals surface area contributed by atoms with Crippen LogP contribution in [-0.2, 0) is 17.8 Å². The molecule has 1 fully saturated rings. The molecule has 1 aromatic heterocycles. The summed E-state index contributed by atoms with van der Waals surface area (Å²) in [6.45, 7) is 2.78. The number of rotatable bonds is 6. The molecule has 3 N–H and O–H groups in total. The van der Waals surface area contributed by atoms with Gasteiger partial charge in [-0.3, -0.25) is 14.5 Å². The molecule has 0 bridgehead atoms. The van der Waals surface area contributed by atoms with Gasteiger partial charge in [-0.15, -0.1) is 0 Å². The lowest BCUT2D eigenvalue weighted by molar-refractivity contribution is -0.122. The molecular formula is C13H22N4O2S. The summed E-state index contributed by atoms with van der Waals surface area (Å²) in [4.78, 5) is 12.0. The normalized spacial score (nSPS) is 22.1. The number of aryl methyl sites for hydroxylation is 1. The van der Waals surface area contributed by atoms with Crippen molar-refractivity contribution in [3.8, 4) is 0 Å². The summed E-state index contributed by atoms with van der Waals surface area (Å²) in [5.74, 6) is 0.916. The fraction of sp³-hybridized carbons (Fsp3) is 0.769. The Bertz CT molecular complexity index is 511. The first-order valence-electron chi connectivity index (χ1n) is 7.20. The summed E-state index contributed by atoms with van der Waals surface area (Å²) in [7, 11) is 0. The van der Waals surface area contributed by atoms with E-state index >= 15 is 0 Å². The summed E-state index contributed by atoms with van der Waals surface area (Å²) >= 11 is 5.14. The average molecular weight is 298 g/mol. The van der Waals surface area contributed by atoms with E-state index in [0.29, 0.717) is 11.3 Å². The Morgan fingerprint density at radius 1 is 1.60 bits per heavy atom. The van der Waals surface area contributed by atoms with E-state index in [9.17, 15) is 9.90 Å². The van der Waals surface area contributed by atoms with Gasteiger partial charge in [-0.2, -0.15) is 5.10 Å². The number of hydrogen-bond acceptors (Lipinski definition) is 4. The third-order valence-electron chi connectivity index (χ3n) is 3.79. The first-order chi connectivity index (χ1) is 9.61. The lowest BCUT2D eigenvalue weighted by Crippen LogP contribution is -2.34. The van der Waals surface area contributed by atoms with Crippen molar-refractivity contribution < 1.29 is 9.90 Å². The second-order valence-corrected chi connectivity index (χ2v) is 5.73. The number of carbonyl (C=O) groups excluding carboxylic acids is 1. The van der Waals surface area contributed by atoms with Crippen LogP contribution < -0.4 is 5.32 Å². The number of hydrogen-bond donors (Lipinski definition) is 3. The molecule has 2 unspecified atom stereocenters. The fourth-order valence-electron chi connectivity index (χ4n) is 2.63. The molecule has 1 amide bonds. The molecular weight excluding hydrogens is 276 g/mol. The molecule has 0 aliphatic heterocycles. The molecule has 20 heavy (non-hydrogen) atoms. The number of amides is 1. The molecule has 6 nitrogen and oxygen atoms in total. The third kappa shape index (κ3) is 3.67. The highest BCUT2D eigenvalue weighted by Gasteiger charge is 2.25. The van der Waals surface area contributed by atoms with Crippen LogP contribution in [0.1, 0.15) is 38.4 Å². The highest BCUT2D eigenvalue weighted by molar-refractivity contribution is 7.71. The topological polar surface area (TPSA) is 82.9 Å². The van der Waals surface area contributed by atoms with Crippen molar-refractivity contribution in [2.75, 3.05) is 6.54 Å². The van der Waals surface area contributed by atoms with Crippen LogP contribution in [0.25, 0.3) is 0 Å². The Hall–Kier alpha value is -1.21. The van der Waals surface area contributed by atoms with Gasteiger partial charge in [0.15, 0.2) is 4.77 Å². The maximum Gasteiger partial charge on any atom is 0.240 e. The van der Waals surface area contributed by atoms with E-state index in [0.717, 1.165) is 37.9 Å². The second kappa shape index (κ2) is 6.99. The van der Waals surface area contributed by atoms with E-state index in [1.807, 2.05) is 0 Å². The first kappa shape index (κ1) is 15.2. The third-order valence-corrected chi connectivity index (χ3v) is 4.10. The summed E-state index contributed by atoms with van der Waals surface area (Å²) in [5.41, 5.74) is 0. The predicted octanol–water partition coefficient (Wildman–Crippen LogP) is 1.17. The summed E-state index contributed by atoms with van der Waals surface area (Å²) < 4.78 is 2.21. The van der Waals surface area contributed by atoms with Crippen LogP contribution in [0.4, 0.5) is 0 Å². The van der Waals surface area contributed by atoms with Crippen LogP contribution in [0, 0.1) is 10.7 Å². The van der Waals surface area contributed by atoms with Gasteiger partial charge in [0, 0.05) is 18.9 Å². The largest absolute Gasteiger partial charge is 0.393 e. The van der Waals surface area contributed by atoms with Crippen LogP contribution in [-0.4, -0.2) is 38.4 Å². The van der Waals surface area contributed by atoms with Gasteiger partial charge >= 0.3 is 0 Å². The van der Waals surface area contributed by atoms with Gasteiger partial charge < -0.3 is 10.4 Å². The minimum absolute atomic E-state index is 0.0843. The maximum absolute atomic E-state index is 12.0. The Kier molecular flexibility index (Phi) is 5.31. The van der Waals surface area contributed by atoms with E-state index < -0.39 is 0 Å². The van der Waals surface area contributed by atoms with Crippen LogP contribution in [0.2, 0.25) is 0 Å².